The van der Waals surface area contributed by atoms with E-state index in [0.29, 0.717) is 17.9 Å². The number of rotatable bonds is 7. The molecule has 0 fully saturated rings. The van der Waals surface area contributed by atoms with E-state index in [9.17, 15) is 14.7 Å². The fraction of sp³-hybridized carbons (Fsp3) is 0.500. The van der Waals surface area contributed by atoms with Crippen molar-refractivity contribution in [1.29, 1.82) is 0 Å². The normalized spacial score (nSPS) is 11.8. The van der Waals surface area contributed by atoms with E-state index in [1.54, 1.807) is 19.1 Å². The van der Waals surface area contributed by atoms with Crippen molar-refractivity contribution in [2.24, 2.45) is 5.92 Å². The van der Waals surface area contributed by atoms with Gasteiger partial charge in [0.2, 0.25) is 0 Å². The third kappa shape index (κ3) is 5.10. The van der Waals surface area contributed by atoms with E-state index in [4.69, 9.17) is 9.47 Å². The Morgan fingerprint density at radius 2 is 2.00 bits per heavy atom. The van der Waals surface area contributed by atoms with Gasteiger partial charge in [-0.3, -0.25) is 0 Å². The predicted octanol–water partition coefficient (Wildman–Crippen LogP) is 3.90. The van der Waals surface area contributed by atoms with Gasteiger partial charge in [0.05, 0.1) is 12.2 Å². The van der Waals surface area contributed by atoms with Gasteiger partial charge in [-0.25, -0.2) is 9.59 Å². The molecule has 1 aromatic rings. The molecule has 0 aromatic heterocycles. The lowest BCUT2D eigenvalue weighted by Crippen LogP contribution is -2.14. The van der Waals surface area contributed by atoms with E-state index in [-0.39, 0.29) is 17.9 Å². The highest BCUT2D eigenvalue weighted by Gasteiger charge is 2.19. The number of ether oxygens (including phenoxy) is 2. The van der Waals surface area contributed by atoms with Crippen LogP contribution >= 0.6 is 0 Å². The van der Waals surface area contributed by atoms with E-state index in [2.05, 4.69) is 13.8 Å². The first kappa shape index (κ1) is 17.0. The van der Waals surface area contributed by atoms with E-state index in [1.165, 1.54) is 6.07 Å². The Hall–Kier alpha value is -2.04. The van der Waals surface area contributed by atoms with Crippen LogP contribution in [-0.4, -0.2) is 23.8 Å². The Morgan fingerprint density at radius 3 is 2.57 bits per heavy atom. The van der Waals surface area contributed by atoms with Crippen LogP contribution in [0.15, 0.2) is 18.2 Å². The topological polar surface area (TPSA) is 72.8 Å². The molecule has 0 aliphatic heterocycles. The third-order valence-electron chi connectivity index (χ3n) is 3.15. The van der Waals surface area contributed by atoms with Crippen LogP contribution in [0.3, 0.4) is 0 Å². The molecule has 0 aliphatic carbocycles. The molecule has 5 heteroatoms. The number of benzene rings is 1. The lowest BCUT2D eigenvalue weighted by Gasteiger charge is -2.16. The van der Waals surface area contributed by atoms with Crippen LogP contribution in [0.4, 0.5) is 4.79 Å². The molecule has 0 bridgehead atoms. The number of carboxylic acids is 1. The summed E-state index contributed by atoms with van der Waals surface area (Å²) < 4.78 is 9.88. The number of carbonyl (C=O) groups excluding carboxylic acids is 1. The van der Waals surface area contributed by atoms with Crippen LogP contribution in [-0.2, 0) is 11.2 Å². The molecular formula is C16H22O5. The maximum atomic E-state index is 11.5. The molecule has 0 radical (unpaired) electrons. The minimum absolute atomic E-state index is 0.166. The van der Waals surface area contributed by atoms with Gasteiger partial charge in [-0.05, 0) is 31.4 Å². The van der Waals surface area contributed by atoms with Crippen LogP contribution in [0, 0.1) is 5.92 Å². The van der Waals surface area contributed by atoms with Gasteiger partial charge in [0.25, 0.3) is 0 Å². The minimum Gasteiger partial charge on any atom is -0.478 e. The van der Waals surface area contributed by atoms with Crippen molar-refractivity contribution in [3.05, 3.63) is 29.3 Å². The van der Waals surface area contributed by atoms with Gasteiger partial charge in [-0.15, -0.1) is 0 Å². The van der Waals surface area contributed by atoms with E-state index < -0.39 is 12.1 Å². The highest BCUT2D eigenvalue weighted by Crippen LogP contribution is 2.27. The van der Waals surface area contributed by atoms with E-state index in [0.717, 1.165) is 12.8 Å². The van der Waals surface area contributed by atoms with Crippen LogP contribution < -0.4 is 4.74 Å². The number of hydrogen-bond acceptors (Lipinski definition) is 4. The first-order valence-corrected chi connectivity index (χ1v) is 7.19. The molecule has 0 saturated heterocycles. The van der Waals surface area contributed by atoms with Gasteiger partial charge >= 0.3 is 12.1 Å². The average Bonchev–Trinajstić information content (AvgIpc) is 2.40. The van der Waals surface area contributed by atoms with Gasteiger partial charge in [-0.2, -0.15) is 0 Å². The van der Waals surface area contributed by atoms with Crippen LogP contribution in [0.5, 0.6) is 5.75 Å². The molecule has 0 amide bonds. The second-order valence-corrected chi connectivity index (χ2v) is 4.97. The number of hydrogen-bond donors (Lipinski definition) is 1. The summed E-state index contributed by atoms with van der Waals surface area (Å²) in [5.41, 5.74) is 0.707. The van der Waals surface area contributed by atoms with Gasteiger partial charge in [0.15, 0.2) is 0 Å². The fourth-order valence-electron chi connectivity index (χ4n) is 2.25. The zero-order valence-corrected chi connectivity index (χ0v) is 12.7. The molecule has 0 aliphatic rings. The lowest BCUT2D eigenvalue weighted by molar-refractivity contribution is 0.0693. The minimum atomic E-state index is -1.02. The van der Waals surface area contributed by atoms with Gasteiger partial charge in [0.1, 0.15) is 5.75 Å². The molecule has 1 aromatic carbocycles. The van der Waals surface area contributed by atoms with Crippen molar-refractivity contribution in [3.8, 4) is 5.75 Å². The lowest BCUT2D eigenvalue weighted by atomic mass is 9.93. The first-order valence-electron chi connectivity index (χ1n) is 7.19. The molecule has 21 heavy (non-hydrogen) atoms. The molecule has 0 spiro atoms. The zero-order chi connectivity index (χ0) is 15.8. The number of carbonyl (C=O) groups is 2. The van der Waals surface area contributed by atoms with Gasteiger partial charge in [-0.1, -0.05) is 32.8 Å². The Morgan fingerprint density at radius 1 is 1.29 bits per heavy atom. The summed E-state index contributed by atoms with van der Waals surface area (Å²) in [7, 11) is 0. The summed E-state index contributed by atoms with van der Waals surface area (Å²) in [6, 6.07) is 4.68. The highest BCUT2D eigenvalue weighted by atomic mass is 16.7. The summed E-state index contributed by atoms with van der Waals surface area (Å²) in [5.74, 6) is -0.459. The second kappa shape index (κ2) is 8.29. The van der Waals surface area contributed by atoms with Crippen molar-refractivity contribution in [2.45, 2.75) is 40.0 Å². The Balaban J connectivity index is 3.08. The number of aromatic carboxylic acids is 1. The van der Waals surface area contributed by atoms with Crippen LogP contribution in [0.1, 0.15) is 49.5 Å². The smallest absolute Gasteiger partial charge is 0.478 e. The molecule has 116 valence electrons. The Labute approximate surface area is 124 Å². The monoisotopic (exact) mass is 294 g/mol. The van der Waals surface area contributed by atoms with Crippen molar-refractivity contribution >= 4 is 12.1 Å². The standard InChI is InChI=1S/C16H22O5/c1-4-7-11(3)10-13-12(15(17)18)8-6-9-14(13)21-16(19)20-5-2/h6,8-9,11H,4-5,7,10H2,1-3H3,(H,17,18). The quantitative estimate of drug-likeness (QED) is 0.610. The highest BCUT2D eigenvalue weighted by molar-refractivity contribution is 5.90. The van der Waals surface area contributed by atoms with Crippen LogP contribution in [0.2, 0.25) is 0 Å². The van der Waals surface area contributed by atoms with Crippen molar-refractivity contribution in [2.75, 3.05) is 6.61 Å². The van der Waals surface area contributed by atoms with Crippen molar-refractivity contribution < 1.29 is 24.2 Å². The van der Waals surface area contributed by atoms with Crippen molar-refractivity contribution in [3.63, 3.8) is 0 Å². The van der Waals surface area contributed by atoms with Crippen molar-refractivity contribution in [1.82, 2.24) is 0 Å². The second-order valence-electron chi connectivity index (χ2n) is 4.97. The maximum absolute atomic E-state index is 11.5. The fourth-order valence-corrected chi connectivity index (χ4v) is 2.25. The molecule has 5 nitrogen and oxygen atoms in total. The summed E-state index contributed by atoms with van der Waals surface area (Å²) in [6.07, 6.45) is 1.73. The summed E-state index contributed by atoms with van der Waals surface area (Å²) in [5, 5.41) is 9.30. The van der Waals surface area contributed by atoms with Crippen LogP contribution in [0.25, 0.3) is 0 Å². The SMILES string of the molecule is CCCC(C)Cc1c(OC(=O)OCC)cccc1C(=O)O. The summed E-state index contributed by atoms with van der Waals surface area (Å²) in [6.45, 7) is 6.02. The molecule has 1 atom stereocenters. The zero-order valence-electron chi connectivity index (χ0n) is 12.7. The first-order chi connectivity index (χ1) is 9.99. The Kier molecular flexibility index (Phi) is 6.72. The molecule has 1 unspecified atom stereocenters. The largest absolute Gasteiger partial charge is 0.513 e. The van der Waals surface area contributed by atoms with Gasteiger partial charge < -0.3 is 14.6 Å². The average molecular weight is 294 g/mol. The third-order valence-corrected chi connectivity index (χ3v) is 3.15. The predicted molar refractivity (Wildman–Crippen MR) is 78.8 cm³/mol. The van der Waals surface area contributed by atoms with Gasteiger partial charge in [0, 0.05) is 5.56 Å². The maximum Gasteiger partial charge on any atom is 0.513 e. The summed E-state index contributed by atoms with van der Waals surface area (Å²) >= 11 is 0. The molecule has 1 N–H and O–H groups in total. The van der Waals surface area contributed by atoms with E-state index >= 15 is 0 Å². The molecule has 1 rings (SSSR count). The molecule has 0 heterocycles. The molecular weight excluding hydrogens is 272 g/mol. The number of carboxylic acid groups (broad SMARTS) is 1. The summed E-state index contributed by atoms with van der Waals surface area (Å²) in [4.78, 5) is 22.8. The molecule has 0 saturated carbocycles. The Bertz CT molecular complexity index is 495. The van der Waals surface area contributed by atoms with E-state index in [1.807, 2.05) is 0 Å².